The van der Waals surface area contributed by atoms with E-state index in [-0.39, 0.29) is 16.3 Å². The fraction of sp³-hybridized carbons (Fsp3) is 0. The van der Waals surface area contributed by atoms with E-state index >= 15 is 0 Å². The number of carboxylic acids is 1. The van der Waals surface area contributed by atoms with Gasteiger partial charge in [0.05, 0.1) is 10.6 Å². The van der Waals surface area contributed by atoms with Crippen LogP contribution in [-0.4, -0.2) is 11.1 Å². The predicted molar refractivity (Wildman–Crippen MR) is 47.2 cm³/mol. The van der Waals surface area contributed by atoms with Crippen LogP contribution in [0.2, 0.25) is 5.02 Å². The van der Waals surface area contributed by atoms with Gasteiger partial charge in [0.2, 0.25) is 0 Å². The van der Waals surface area contributed by atoms with Gasteiger partial charge in [0, 0.05) is 10.6 Å². The normalized spacial score (nSPS) is 9.00. The lowest BCUT2D eigenvalue weighted by atomic mass is 10.2. The topological polar surface area (TPSA) is 86.1 Å². The fourth-order valence-corrected chi connectivity index (χ4v) is 0.989. The van der Waals surface area contributed by atoms with E-state index in [1.54, 1.807) is 0 Å². The van der Waals surface area contributed by atoms with Crippen molar-refractivity contribution in [2.24, 2.45) is 5.11 Å². The summed E-state index contributed by atoms with van der Waals surface area (Å²) < 4.78 is 0. The van der Waals surface area contributed by atoms with Gasteiger partial charge in [-0.15, -0.1) is 0 Å². The monoisotopic (exact) mass is 197 g/mol. The van der Waals surface area contributed by atoms with Crippen molar-refractivity contribution in [2.75, 3.05) is 0 Å². The van der Waals surface area contributed by atoms with Gasteiger partial charge in [-0.3, -0.25) is 0 Å². The maximum atomic E-state index is 10.6. The molecule has 1 rings (SSSR count). The first kappa shape index (κ1) is 9.38. The van der Waals surface area contributed by atoms with E-state index in [1.807, 2.05) is 0 Å². The molecule has 0 bridgehead atoms. The zero-order valence-electron chi connectivity index (χ0n) is 6.31. The van der Waals surface area contributed by atoms with Crippen molar-refractivity contribution in [3.05, 3.63) is 39.2 Å². The van der Waals surface area contributed by atoms with Crippen molar-refractivity contribution in [3.63, 3.8) is 0 Å². The van der Waals surface area contributed by atoms with Gasteiger partial charge >= 0.3 is 5.97 Å². The number of aromatic carboxylic acids is 1. The molecule has 0 spiro atoms. The van der Waals surface area contributed by atoms with Gasteiger partial charge in [-0.1, -0.05) is 22.8 Å². The van der Waals surface area contributed by atoms with E-state index in [0.29, 0.717) is 0 Å². The fourth-order valence-electron chi connectivity index (χ4n) is 0.791. The first-order valence-corrected chi connectivity index (χ1v) is 3.61. The highest BCUT2D eigenvalue weighted by atomic mass is 35.5. The van der Waals surface area contributed by atoms with Crippen LogP contribution >= 0.6 is 11.6 Å². The Morgan fingerprint density at radius 3 is 2.85 bits per heavy atom. The van der Waals surface area contributed by atoms with Gasteiger partial charge in [0.15, 0.2) is 0 Å². The molecule has 0 saturated heterocycles. The second-order valence-corrected chi connectivity index (χ2v) is 2.57. The minimum Gasteiger partial charge on any atom is -0.478 e. The summed E-state index contributed by atoms with van der Waals surface area (Å²) in [5.74, 6) is -1.15. The Bertz CT molecular complexity index is 399. The third-order valence-corrected chi connectivity index (χ3v) is 1.67. The van der Waals surface area contributed by atoms with Crippen molar-refractivity contribution in [1.29, 1.82) is 0 Å². The number of halogens is 1. The first-order valence-electron chi connectivity index (χ1n) is 3.23. The molecule has 0 atom stereocenters. The van der Waals surface area contributed by atoms with Gasteiger partial charge < -0.3 is 5.11 Å². The van der Waals surface area contributed by atoms with Crippen LogP contribution in [-0.2, 0) is 0 Å². The van der Waals surface area contributed by atoms with Gasteiger partial charge in [-0.05, 0) is 17.7 Å². The Balaban J connectivity index is 3.26. The zero-order chi connectivity index (χ0) is 9.84. The van der Waals surface area contributed by atoms with Crippen molar-refractivity contribution in [3.8, 4) is 0 Å². The molecule has 0 unspecified atom stereocenters. The molecule has 0 saturated carbocycles. The molecule has 0 aliphatic heterocycles. The molecule has 6 heteroatoms. The Labute approximate surface area is 78.2 Å². The molecule has 1 aromatic carbocycles. The molecular weight excluding hydrogens is 194 g/mol. The Morgan fingerprint density at radius 1 is 1.62 bits per heavy atom. The van der Waals surface area contributed by atoms with Crippen molar-refractivity contribution >= 4 is 23.3 Å². The SMILES string of the molecule is [N-]=[N+]=Nc1ccc(Cl)c(C(=O)O)c1. The van der Waals surface area contributed by atoms with Crippen LogP contribution in [0, 0.1) is 0 Å². The lowest BCUT2D eigenvalue weighted by Gasteiger charge is -1.98. The van der Waals surface area contributed by atoms with Crippen LogP contribution in [0.25, 0.3) is 10.4 Å². The second-order valence-electron chi connectivity index (χ2n) is 2.16. The lowest BCUT2D eigenvalue weighted by molar-refractivity contribution is 0.0697. The molecule has 66 valence electrons. The largest absolute Gasteiger partial charge is 0.478 e. The molecule has 1 N–H and O–H groups in total. The Hall–Kier alpha value is -1.71. The smallest absolute Gasteiger partial charge is 0.337 e. The van der Waals surface area contributed by atoms with Crippen molar-refractivity contribution < 1.29 is 9.90 Å². The average molecular weight is 198 g/mol. The minimum absolute atomic E-state index is 0.0773. The molecule has 5 nitrogen and oxygen atoms in total. The highest BCUT2D eigenvalue weighted by molar-refractivity contribution is 6.33. The summed E-state index contributed by atoms with van der Waals surface area (Å²) in [5.41, 5.74) is 8.25. The van der Waals surface area contributed by atoms with E-state index in [1.165, 1.54) is 18.2 Å². The predicted octanol–water partition coefficient (Wildman–Crippen LogP) is 2.98. The molecule has 0 radical (unpaired) electrons. The summed E-state index contributed by atoms with van der Waals surface area (Å²) in [5, 5.41) is 12.0. The molecule has 1 aromatic rings. The van der Waals surface area contributed by atoms with Crippen LogP contribution in [0.5, 0.6) is 0 Å². The lowest BCUT2D eigenvalue weighted by Crippen LogP contribution is -1.96. The third-order valence-electron chi connectivity index (χ3n) is 1.34. The average Bonchev–Trinajstić information content (AvgIpc) is 2.08. The number of rotatable bonds is 2. The first-order chi connectivity index (χ1) is 6.15. The second kappa shape index (κ2) is 3.80. The maximum Gasteiger partial charge on any atom is 0.337 e. The molecule has 0 aromatic heterocycles. The summed E-state index contributed by atoms with van der Waals surface area (Å²) in [6, 6.07) is 4.02. The van der Waals surface area contributed by atoms with E-state index in [2.05, 4.69) is 10.0 Å². The molecular formula is C7H4ClN3O2. The maximum absolute atomic E-state index is 10.6. The van der Waals surface area contributed by atoms with Gasteiger partial charge in [0.1, 0.15) is 0 Å². The van der Waals surface area contributed by atoms with Crippen LogP contribution < -0.4 is 0 Å². The summed E-state index contributed by atoms with van der Waals surface area (Å²) in [7, 11) is 0. The van der Waals surface area contributed by atoms with Gasteiger partial charge in [-0.25, -0.2) is 4.79 Å². The molecule has 0 heterocycles. The number of carbonyl (C=O) groups is 1. The quantitative estimate of drug-likeness (QED) is 0.449. The van der Waals surface area contributed by atoms with Gasteiger partial charge in [0.25, 0.3) is 0 Å². The molecule has 0 aliphatic rings. The molecule has 0 amide bonds. The van der Waals surface area contributed by atoms with Gasteiger partial charge in [-0.2, -0.15) is 0 Å². The van der Waals surface area contributed by atoms with Crippen LogP contribution in [0.4, 0.5) is 5.69 Å². The van der Waals surface area contributed by atoms with Crippen molar-refractivity contribution in [1.82, 2.24) is 0 Å². The zero-order valence-corrected chi connectivity index (χ0v) is 7.06. The summed E-state index contributed by atoms with van der Waals surface area (Å²) in [6.45, 7) is 0. The highest BCUT2D eigenvalue weighted by Crippen LogP contribution is 2.22. The number of hydrogen-bond acceptors (Lipinski definition) is 2. The third kappa shape index (κ3) is 2.11. The summed E-state index contributed by atoms with van der Waals surface area (Å²) in [6.07, 6.45) is 0. The Morgan fingerprint density at radius 2 is 2.31 bits per heavy atom. The van der Waals surface area contributed by atoms with Crippen molar-refractivity contribution in [2.45, 2.75) is 0 Å². The molecule has 13 heavy (non-hydrogen) atoms. The molecule has 0 fully saturated rings. The number of azide groups is 1. The van der Waals surface area contributed by atoms with Crippen LogP contribution in [0.1, 0.15) is 10.4 Å². The van der Waals surface area contributed by atoms with E-state index in [0.717, 1.165) is 0 Å². The van der Waals surface area contributed by atoms with Crippen LogP contribution in [0.3, 0.4) is 0 Å². The summed E-state index contributed by atoms with van der Waals surface area (Å²) in [4.78, 5) is 13.1. The van der Waals surface area contributed by atoms with E-state index in [9.17, 15) is 4.79 Å². The summed E-state index contributed by atoms with van der Waals surface area (Å²) >= 11 is 5.58. The number of benzene rings is 1. The minimum atomic E-state index is -1.15. The number of hydrogen-bond donors (Lipinski definition) is 1. The van der Waals surface area contributed by atoms with Crippen LogP contribution in [0.15, 0.2) is 23.3 Å². The Kier molecular flexibility index (Phi) is 2.74. The standard InChI is InChI=1S/C7H4ClN3O2/c8-6-2-1-4(10-11-9)3-5(6)7(12)13/h1-3H,(H,12,13). The number of nitrogens with zero attached hydrogens (tertiary/aromatic N) is 3. The van der Waals surface area contributed by atoms with E-state index < -0.39 is 5.97 Å². The highest BCUT2D eigenvalue weighted by Gasteiger charge is 2.08. The number of carboxylic acid groups (broad SMARTS) is 1. The van der Waals surface area contributed by atoms with E-state index in [4.69, 9.17) is 22.2 Å². The molecule has 0 aliphatic carbocycles.